The van der Waals surface area contributed by atoms with Crippen LogP contribution in [0.4, 0.5) is 0 Å². The van der Waals surface area contributed by atoms with Gasteiger partial charge < -0.3 is 0 Å². The summed E-state index contributed by atoms with van der Waals surface area (Å²) in [6.07, 6.45) is 3.52. The molecule has 0 nitrogen and oxygen atoms in total. The van der Waals surface area contributed by atoms with Gasteiger partial charge in [-0.1, -0.05) is 55.8 Å². The van der Waals surface area contributed by atoms with E-state index < -0.39 is 0 Å². The normalized spacial score (nSPS) is 22.2. The fourth-order valence-electron chi connectivity index (χ4n) is 2.88. The molecule has 0 N–H and O–H groups in total. The van der Waals surface area contributed by atoms with Crippen LogP contribution in [0.25, 0.3) is 0 Å². The van der Waals surface area contributed by atoms with E-state index in [-0.39, 0.29) is 0 Å². The Morgan fingerprint density at radius 2 is 1.75 bits per heavy atom. The lowest BCUT2D eigenvalue weighted by atomic mass is 9.84. The molecule has 0 saturated heterocycles. The molecule has 1 aromatic carbocycles. The molecule has 16 heavy (non-hydrogen) atoms. The first-order valence-electron chi connectivity index (χ1n) is 6.29. The summed E-state index contributed by atoms with van der Waals surface area (Å²) in [6, 6.07) is 4.89. The van der Waals surface area contributed by atoms with E-state index in [4.69, 9.17) is 0 Å². The van der Waals surface area contributed by atoms with Crippen LogP contribution in [0.15, 0.2) is 12.1 Å². The number of halogens is 1. The largest absolute Gasteiger partial charge is 0.0838 e. The van der Waals surface area contributed by atoms with E-state index >= 15 is 0 Å². The Morgan fingerprint density at radius 1 is 1.19 bits per heavy atom. The van der Waals surface area contributed by atoms with E-state index in [0.717, 1.165) is 12.8 Å². The van der Waals surface area contributed by atoms with Crippen LogP contribution in [0.5, 0.6) is 0 Å². The zero-order valence-corrected chi connectivity index (χ0v) is 12.3. The number of hydrogen-bond acceptors (Lipinski definition) is 0. The standard InChI is InChI=1S/C15H21Br/c1-5-10-7-12-13(8-11(10)6-2)15(3,4)9-14(12)16/h7-8,14H,5-6,9H2,1-4H3. The number of hydrogen-bond donors (Lipinski definition) is 0. The van der Waals surface area contributed by atoms with E-state index in [0.29, 0.717) is 10.2 Å². The van der Waals surface area contributed by atoms with Crippen molar-refractivity contribution < 1.29 is 0 Å². The van der Waals surface area contributed by atoms with Gasteiger partial charge in [0, 0.05) is 4.83 Å². The molecule has 0 radical (unpaired) electrons. The van der Waals surface area contributed by atoms with Gasteiger partial charge in [0.1, 0.15) is 0 Å². The summed E-state index contributed by atoms with van der Waals surface area (Å²) >= 11 is 3.82. The van der Waals surface area contributed by atoms with Crippen molar-refractivity contribution in [1.29, 1.82) is 0 Å². The van der Waals surface area contributed by atoms with E-state index in [9.17, 15) is 0 Å². The van der Waals surface area contributed by atoms with E-state index in [2.05, 4.69) is 55.8 Å². The molecule has 0 amide bonds. The van der Waals surface area contributed by atoms with Crippen molar-refractivity contribution in [1.82, 2.24) is 0 Å². The Kier molecular flexibility index (Phi) is 3.18. The van der Waals surface area contributed by atoms with Crippen molar-refractivity contribution in [3.63, 3.8) is 0 Å². The maximum atomic E-state index is 3.82. The molecule has 2 rings (SSSR count). The summed E-state index contributed by atoms with van der Waals surface area (Å²) in [5.74, 6) is 0. The van der Waals surface area contributed by atoms with Crippen molar-refractivity contribution in [3.8, 4) is 0 Å². The minimum Gasteiger partial charge on any atom is -0.0838 e. The maximum absolute atomic E-state index is 3.82. The van der Waals surface area contributed by atoms with E-state index in [1.807, 2.05) is 0 Å². The predicted molar refractivity (Wildman–Crippen MR) is 74.5 cm³/mol. The van der Waals surface area contributed by atoms with Gasteiger partial charge in [0.05, 0.1) is 0 Å². The van der Waals surface area contributed by atoms with Crippen molar-refractivity contribution in [2.45, 2.75) is 57.2 Å². The molecule has 1 atom stereocenters. The van der Waals surface area contributed by atoms with Gasteiger partial charge in [-0.2, -0.15) is 0 Å². The van der Waals surface area contributed by atoms with Crippen LogP contribution in [0.1, 0.15) is 61.2 Å². The lowest BCUT2D eigenvalue weighted by Gasteiger charge is -2.20. The molecule has 1 heteroatoms. The molecule has 88 valence electrons. The van der Waals surface area contributed by atoms with Crippen LogP contribution in [0.2, 0.25) is 0 Å². The third kappa shape index (κ3) is 1.84. The van der Waals surface area contributed by atoms with Gasteiger partial charge in [-0.05, 0) is 46.9 Å². The Hall–Kier alpha value is -0.300. The second-order valence-electron chi connectivity index (χ2n) is 5.47. The van der Waals surface area contributed by atoms with Gasteiger partial charge in [0.15, 0.2) is 0 Å². The first-order chi connectivity index (χ1) is 7.49. The van der Waals surface area contributed by atoms with Crippen LogP contribution in [-0.2, 0) is 18.3 Å². The minimum absolute atomic E-state index is 0.333. The number of fused-ring (bicyclic) bond motifs is 1. The highest BCUT2D eigenvalue weighted by Gasteiger charge is 2.35. The second kappa shape index (κ2) is 4.18. The number of alkyl halides is 1. The van der Waals surface area contributed by atoms with Crippen LogP contribution >= 0.6 is 15.9 Å². The molecule has 0 aliphatic heterocycles. The molecule has 1 aliphatic rings. The summed E-state index contributed by atoms with van der Waals surface area (Å²) in [5.41, 5.74) is 6.49. The molecule has 1 aliphatic carbocycles. The quantitative estimate of drug-likeness (QED) is 0.674. The molecule has 1 aromatic rings. The summed E-state index contributed by atoms with van der Waals surface area (Å²) in [5, 5.41) is 0. The SMILES string of the molecule is CCc1cc2c(cc1CC)C(C)(C)CC2Br. The summed E-state index contributed by atoms with van der Waals surface area (Å²) in [4.78, 5) is 0.550. The average Bonchev–Trinajstić information content (AvgIpc) is 2.47. The zero-order valence-electron chi connectivity index (χ0n) is 10.7. The first-order valence-corrected chi connectivity index (χ1v) is 7.21. The summed E-state index contributed by atoms with van der Waals surface area (Å²) in [6.45, 7) is 9.23. The van der Waals surface area contributed by atoms with Crippen LogP contribution in [0, 0.1) is 0 Å². The number of aryl methyl sites for hydroxylation is 2. The highest BCUT2D eigenvalue weighted by Crippen LogP contribution is 2.49. The fourth-order valence-corrected chi connectivity index (χ4v) is 4.07. The minimum atomic E-state index is 0.333. The molecular weight excluding hydrogens is 260 g/mol. The van der Waals surface area contributed by atoms with Crippen LogP contribution in [0.3, 0.4) is 0 Å². The van der Waals surface area contributed by atoms with Crippen molar-refractivity contribution >= 4 is 15.9 Å². The highest BCUT2D eigenvalue weighted by atomic mass is 79.9. The van der Waals surface area contributed by atoms with Crippen LogP contribution < -0.4 is 0 Å². The van der Waals surface area contributed by atoms with Gasteiger partial charge in [-0.3, -0.25) is 0 Å². The molecular formula is C15H21Br. The molecule has 0 spiro atoms. The predicted octanol–water partition coefficient (Wildman–Crippen LogP) is 4.93. The monoisotopic (exact) mass is 280 g/mol. The topological polar surface area (TPSA) is 0 Å². The smallest absolute Gasteiger partial charge is 0.0406 e. The summed E-state index contributed by atoms with van der Waals surface area (Å²) in [7, 11) is 0. The Balaban J connectivity index is 2.59. The van der Waals surface area contributed by atoms with Gasteiger partial charge in [-0.25, -0.2) is 0 Å². The third-order valence-electron chi connectivity index (χ3n) is 3.89. The molecule has 0 heterocycles. The van der Waals surface area contributed by atoms with Crippen LogP contribution in [-0.4, -0.2) is 0 Å². The van der Waals surface area contributed by atoms with E-state index in [1.165, 1.54) is 23.1 Å². The Bertz CT molecular complexity index is 404. The van der Waals surface area contributed by atoms with E-state index in [1.54, 1.807) is 5.56 Å². The van der Waals surface area contributed by atoms with Gasteiger partial charge in [-0.15, -0.1) is 0 Å². The summed E-state index contributed by atoms with van der Waals surface area (Å²) < 4.78 is 0. The van der Waals surface area contributed by atoms with Crippen molar-refractivity contribution in [3.05, 3.63) is 34.4 Å². The fraction of sp³-hybridized carbons (Fsp3) is 0.600. The lowest BCUT2D eigenvalue weighted by molar-refractivity contribution is 0.520. The second-order valence-corrected chi connectivity index (χ2v) is 6.58. The van der Waals surface area contributed by atoms with Gasteiger partial charge in [0.25, 0.3) is 0 Å². The van der Waals surface area contributed by atoms with Crippen molar-refractivity contribution in [2.75, 3.05) is 0 Å². The molecule has 0 fully saturated rings. The highest BCUT2D eigenvalue weighted by molar-refractivity contribution is 9.09. The first kappa shape index (κ1) is 12.2. The molecule has 0 saturated carbocycles. The lowest BCUT2D eigenvalue weighted by Crippen LogP contribution is -2.12. The number of rotatable bonds is 2. The average molecular weight is 281 g/mol. The maximum Gasteiger partial charge on any atom is 0.0406 e. The molecule has 0 bridgehead atoms. The Labute approximate surface area is 108 Å². The zero-order chi connectivity index (χ0) is 11.9. The van der Waals surface area contributed by atoms with Gasteiger partial charge >= 0.3 is 0 Å². The number of benzene rings is 1. The van der Waals surface area contributed by atoms with Gasteiger partial charge in [0.2, 0.25) is 0 Å². The van der Waals surface area contributed by atoms with Crippen molar-refractivity contribution in [2.24, 2.45) is 0 Å². The Morgan fingerprint density at radius 3 is 2.31 bits per heavy atom. The molecule has 1 unspecified atom stereocenters. The third-order valence-corrected chi connectivity index (χ3v) is 4.71. The molecule has 0 aromatic heterocycles.